The van der Waals surface area contributed by atoms with E-state index in [-0.39, 0.29) is 26.2 Å². The lowest BCUT2D eigenvalue weighted by Crippen LogP contribution is -2.49. The van der Waals surface area contributed by atoms with Gasteiger partial charge in [-0.25, -0.2) is 9.59 Å². The monoisotopic (exact) mass is 485 g/mol. The van der Waals surface area contributed by atoms with Crippen LogP contribution >= 0.6 is 0 Å². The van der Waals surface area contributed by atoms with Crippen LogP contribution in [0.3, 0.4) is 0 Å². The number of amides is 3. The summed E-state index contributed by atoms with van der Waals surface area (Å²) in [5.41, 5.74) is 0.882. The van der Waals surface area contributed by atoms with E-state index in [1.54, 1.807) is 32.9 Å². The minimum atomic E-state index is -0.926. The van der Waals surface area contributed by atoms with Crippen molar-refractivity contribution in [2.45, 2.75) is 57.9 Å². The first kappa shape index (κ1) is 27.7. The van der Waals surface area contributed by atoms with Crippen LogP contribution in [0.25, 0.3) is 0 Å². The van der Waals surface area contributed by atoms with Gasteiger partial charge >= 0.3 is 12.2 Å². The largest absolute Gasteiger partial charge is 0.445 e. The Bertz CT molecular complexity index is 931. The molecule has 190 valence electrons. The third-order valence-electron chi connectivity index (χ3n) is 4.86. The molecule has 3 amide bonds. The summed E-state index contributed by atoms with van der Waals surface area (Å²) in [5, 5.41) is 17.8. The second kappa shape index (κ2) is 14.0. The molecular weight excluding hydrogens is 450 g/mol. The number of carbonyl (C=O) groups is 3. The van der Waals surface area contributed by atoms with Crippen LogP contribution in [0.1, 0.15) is 50.8 Å². The van der Waals surface area contributed by atoms with Crippen LogP contribution in [0.4, 0.5) is 9.59 Å². The fraction of sp³-hybridized carbons (Fsp3) is 0.423. The Kier molecular flexibility index (Phi) is 11.0. The van der Waals surface area contributed by atoms with Crippen LogP contribution < -0.4 is 16.0 Å². The summed E-state index contributed by atoms with van der Waals surface area (Å²) in [4.78, 5) is 37.2. The molecule has 35 heavy (non-hydrogen) atoms. The van der Waals surface area contributed by atoms with Crippen molar-refractivity contribution in [1.29, 1.82) is 0 Å². The molecule has 0 spiro atoms. The Morgan fingerprint density at radius 2 is 1.54 bits per heavy atom. The van der Waals surface area contributed by atoms with E-state index in [0.717, 1.165) is 11.1 Å². The highest BCUT2D eigenvalue weighted by molar-refractivity contribution is 5.86. The number of ether oxygens (including phenoxy) is 2. The molecule has 4 N–H and O–H groups in total. The highest BCUT2D eigenvalue weighted by atomic mass is 16.6. The second-order valence-electron chi connectivity index (χ2n) is 8.98. The predicted molar refractivity (Wildman–Crippen MR) is 131 cm³/mol. The summed E-state index contributed by atoms with van der Waals surface area (Å²) >= 11 is 0. The van der Waals surface area contributed by atoms with E-state index in [2.05, 4.69) is 16.0 Å². The van der Waals surface area contributed by atoms with Crippen LogP contribution in [-0.2, 0) is 20.9 Å². The van der Waals surface area contributed by atoms with Crippen molar-refractivity contribution in [2.75, 3.05) is 13.2 Å². The predicted octanol–water partition coefficient (Wildman–Crippen LogP) is 3.44. The molecule has 0 saturated carbocycles. The fourth-order valence-corrected chi connectivity index (χ4v) is 3.18. The summed E-state index contributed by atoms with van der Waals surface area (Å²) in [6, 6.07) is 16.8. The zero-order valence-electron chi connectivity index (χ0n) is 20.5. The average molecular weight is 486 g/mol. The zero-order chi connectivity index (χ0) is 25.7. The van der Waals surface area contributed by atoms with E-state index in [1.807, 2.05) is 48.5 Å². The number of aliphatic hydroxyl groups excluding tert-OH is 1. The van der Waals surface area contributed by atoms with Crippen molar-refractivity contribution in [1.82, 2.24) is 16.0 Å². The average Bonchev–Trinajstić information content (AvgIpc) is 2.83. The standard InChI is InChI=1S/C26H35N3O6/c1-26(2,3)35-25(33)29-21(23(31)28-22(17-30)20-13-8-5-9-14-20)15-10-16-27-24(32)34-18-19-11-6-4-7-12-19/h4-9,11-14,21-22,30H,10,15-18H2,1-3H3,(H,27,32)(H,28,31)(H,29,33)/t21-,22+/m1/s1. The molecule has 2 aromatic rings. The molecule has 0 unspecified atom stereocenters. The van der Waals surface area contributed by atoms with Gasteiger partial charge in [0.05, 0.1) is 12.6 Å². The highest BCUT2D eigenvalue weighted by Gasteiger charge is 2.26. The maximum Gasteiger partial charge on any atom is 0.408 e. The van der Waals surface area contributed by atoms with Crippen molar-refractivity contribution < 1.29 is 29.0 Å². The molecular formula is C26H35N3O6. The van der Waals surface area contributed by atoms with Gasteiger partial charge in [0.2, 0.25) is 5.91 Å². The first-order chi connectivity index (χ1) is 16.7. The van der Waals surface area contributed by atoms with Gasteiger partial charge in [0.25, 0.3) is 0 Å². The van der Waals surface area contributed by atoms with Crippen LogP contribution in [-0.4, -0.2) is 48.0 Å². The highest BCUT2D eigenvalue weighted by Crippen LogP contribution is 2.13. The fourth-order valence-electron chi connectivity index (χ4n) is 3.18. The molecule has 0 heterocycles. The second-order valence-corrected chi connectivity index (χ2v) is 8.98. The molecule has 0 radical (unpaired) electrons. The molecule has 9 nitrogen and oxygen atoms in total. The first-order valence-corrected chi connectivity index (χ1v) is 11.6. The number of hydrogen-bond acceptors (Lipinski definition) is 6. The normalized spacial score (nSPS) is 12.7. The number of aliphatic hydroxyl groups is 1. The van der Waals surface area contributed by atoms with Crippen LogP contribution in [0.2, 0.25) is 0 Å². The lowest BCUT2D eigenvalue weighted by atomic mass is 10.1. The van der Waals surface area contributed by atoms with E-state index in [9.17, 15) is 19.5 Å². The molecule has 2 rings (SSSR count). The summed E-state index contributed by atoms with van der Waals surface area (Å²) in [6.45, 7) is 5.27. The first-order valence-electron chi connectivity index (χ1n) is 11.6. The Hall–Kier alpha value is -3.59. The van der Waals surface area contributed by atoms with E-state index in [1.165, 1.54) is 0 Å². The van der Waals surface area contributed by atoms with Gasteiger partial charge in [-0.1, -0.05) is 60.7 Å². The van der Waals surface area contributed by atoms with E-state index in [0.29, 0.717) is 6.42 Å². The van der Waals surface area contributed by atoms with Gasteiger partial charge < -0.3 is 30.5 Å². The van der Waals surface area contributed by atoms with Gasteiger partial charge in [-0.05, 0) is 44.7 Å². The van der Waals surface area contributed by atoms with Crippen molar-refractivity contribution in [2.24, 2.45) is 0 Å². The van der Waals surface area contributed by atoms with Gasteiger partial charge in [-0.3, -0.25) is 4.79 Å². The summed E-state index contributed by atoms with van der Waals surface area (Å²) in [6.07, 6.45) is -0.673. The number of hydrogen-bond donors (Lipinski definition) is 4. The molecule has 0 aliphatic heterocycles. The number of rotatable bonds is 11. The molecule has 0 fully saturated rings. The smallest absolute Gasteiger partial charge is 0.408 e. The summed E-state index contributed by atoms with van der Waals surface area (Å²) < 4.78 is 10.5. The maximum atomic E-state index is 13.0. The van der Waals surface area contributed by atoms with Gasteiger partial charge in [0, 0.05) is 6.54 Å². The topological polar surface area (TPSA) is 126 Å². The molecule has 0 aromatic heterocycles. The van der Waals surface area contributed by atoms with Gasteiger partial charge in [-0.15, -0.1) is 0 Å². The lowest BCUT2D eigenvalue weighted by Gasteiger charge is -2.25. The molecule has 2 atom stereocenters. The van der Waals surface area contributed by atoms with E-state index < -0.39 is 35.8 Å². The van der Waals surface area contributed by atoms with Crippen molar-refractivity contribution in [3.8, 4) is 0 Å². The number of carbonyl (C=O) groups excluding carboxylic acids is 3. The molecule has 2 aromatic carbocycles. The molecule has 0 bridgehead atoms. The Morgan fingerprint density at radius 1 is 0.914 bits per heavy atom. The Labute approximate surface area is 206 Å². The maximum absolute atomic E-state index is 13.0. The molecule has 0 saturated heterocycles. The lowest BCUT2D eigenvalue weighted by molar-refractivity contribution is -0.124. The van der Waals surface area contributed by atoms with Crippen LogP contribution in [0.15, 0.2) is 60.7 Å². The van der Waals surface area contributed by atoms with E-state index >= 15 is 0 Å². The van der Waals surface area contributed by atoms with Crippen molar-refractivity contribution in [3.63, 3.8) is 0 Å². The minimum absolute atomic E-state index is 0.153. The Morgan fingerprint density at radius 3 is 2.14 bits per heavy atom. The van der Waals surface area contributed by atoms with E-state index in [4.69, 9.17) is 9.47 Å². The Balaban J connectivity index is 1.90. The molecule has 0 aliphatic rings. The quantitative estimate of drug-likeness (QED) is 0.361. The van der Waals surface area contributed by atoms with Gasteiger partial charge in [-0.2, -0.15) is 0 Å². The van der Waals surface area contributed by atoms with Crippen molar-refractivity contribution >= 4 is 18.1 Å². The van der Waals surface area contributed by atoms with Gasteiger partial charge in [0.15, 0.2) is 0 Å². The van der Waals surface area contributed by atoms with Crippen LogP contribution in [0, 0.1) is 0 Å². The van der Waals surface area contributed by atoms with Crippen molar-refractivity contribution in [3.05, 3.63) is 71.8 Å². The summed E-state index contributed by atoms with van der Waals surface area (Å²) in [5.74, 6) is -0.467. The third-order valence-corrected chi connectivity index (χ3v) is 4.86. The zero-order valence-corrected chi connectivity index (χ0v) is 20.5. The number of nitrogens with one attached hydrogen (secondary N) is 3. The number of alkyl carbamates (subject to hydrolysis) is 2. The van der Waals surface area contributed by atoms with Gasteiger partial charge in [0.1, 0.15) is 18.2 Å². The molecule has 9 heteroatoms. The summed E-state index contributed by atoms with van der Waals surface area (Å²) in [7, 11) is 0. The molecule has 0 aliphatic carbocycles. The minimum Gasteiger partial charge on any atom is -0.445 e. The third kappa shape index (κ3) is 10.9. The van der Waals surface area contributed by atoms with Crippen LogP contribution in [0.5, 0.6) is 0 Å². The number of benzene rings is 2. The SMILES string of the molecule is CC(C)(C)OC(=O)N[C@H](CCCNC(=O)OCc1ccccc1)C(=O)N[C@@H](CO)c1ccccc1.